The van der Waals surface area contributed by atoms with Crippen LogP contribution in [0.3, 0.4) is 0 Å². The van der Waals surface area contributed by atoms with Crippen LogP contribution in [0.25, 0.3) is 0 Å². The van der Waals surface area contributed by atoms with Crippen molar-refractivity contribution < 1.29 is 9.53 Å². The number of carbonyl (C=O) groups is 1. The van der Waals surface area contributed by atoms with Crippen molar-refractivity contribution in [3.63, 3.8) is 0 Å². The van der Waals surface area contributed by atoms with Crippen LogP contribution in [-0.4, -0.2) is 25.7 Å². The van der Waals surface area contributed by atoms with Gasteiger partial charge in [0.05, 0.1) is 13.0 Å². The Kier molecular flexibility index (Phi) is 7.39. The fourth-order valence-corrected chi connectivity index (χ4v) is 1.50. The number of rotatable bonds is 7. The highest BCUT2D eigenvalue weighted by molar-refractivity contribution is 5.72. The van der Waals surface area contributed by atoms with Gasteiger partial charge in [-0.3, -0.25) is 4.79 Å². The van der Waals surface area contributed by atoms with E-state index in [1.165, 1.54) is 20.0 Å². The van der Waals surface area contributed by atoms with E-state index in [1.807, 2.05) is 13.8 Å². The maximum Gasteiger partial charge on any atom is 0.309 e. The van der Waals surface area contributed by atoms with E-state index in [4.69, 9.17) is 4.74 Å². The molecular weight excluding hydrogens is 190 g/mol. The lowest BCUT2D eigenvalue weighted by Gasteiger charge is -2.22. The monoisotopic (exact) mass is 215 g/mol. The third kappa shape index (κ3) is 5.17. The van der Waals surface area contributed by atoms with Crippen molar-refractivity contribution in [2.75, 3.05) is 13.7 Å². The van der Waals surface area contributed by atoms with E-state index in [9.17, 15) is 4.79 Å². The molecule has 90 valence electrons. The predicted octanol–water partition coefficient (Wildman–Crippen LogP) is 2.21. The van der Waals surface area contributed by atoms with E-state index in [2.05, 4.69) is 19.2 Å². The van der Waals surface area contributed by atoms with Gasteiger partial charge in [0.1, 0.15) is 0 Å². The maximum absolute atomic E-state index is 11.3. The first-order valence-corrected chi connectivity index (χ1v) is 5.87. The normalized spacial score (nSPS) is 15.1. The third-order valence-electron chi connectivity index (χ3n) is 3.21. The first-order chi connectivity index (χ1) is 7.06. The molecule has 3 heteroatoms. The van der Waals surface area contributed by atoms with Crippen LogP contribution in [0.2, 0.25) is 0 Å². The molecular formula is C12H25NO2. The van der Waals surface area contributed by atoms with Crippen molar-refractivity contribution in [3.05, 3.63) is 0 Å². The lowest BCUT2D eigenvalue weighted by molar-refractivity contribution is -0.145. The summed E-state index contributed by atoms with van der Waals surface area (Å²) < 4.78 is 4.71. The fourth-order valence-electron chi connectivity index (χ4n) is 1.50. The van der Waals surface area contributed by atoms with E-state index in [0.717, 1.165) is 6.54 Å². The lowest BCUT2D eigenvalue weighted by atomic mass is 10.0. The molecule has 0 saturated heterocycles. The molecule has 0 aliphatic heterocycles. The van der Waals surface area contributed by atoms with E-state index in [-0.39, 0.29) is 17.9 Å². The molecule has 2 unspecified atom stereocenters. The Bertz CT molecular complexity index is 178. The van der Waals surface area contributed by atoms with Gasteiger partial charge < -0.3 is 10.1 Å². The second-order valence-electron chi connectivity index (χ2n) is 4.19. The highest BCUT2D eigenvalue weighted by Gasteiger charge is 2.20. The molecule has 0 saturated carbocycles. The van der Waals surface area contributed by atoms with Gasteiger partial charge in [0.15, 0.2) is 0 Å². The standard InChI is InChI=1S/C12H25NO2/c1-6-11(7-2)8-13-10(4)9(3)12(14)15-5/h9-11,13H,6-8H2,1-5H3. The average Bonchev–Trinajstić information content (AvgIpc) is 2.27. The Labute approximate surface area is 93.6 Å². The van der Waals surface area contributed by atoms with Crippen molar-refractivity contribution in [1.82, 2.24) is 5.32 Å². The number of methoxy groups -OCH3 is 1. The smallest absolute Gasteiger partial charge is 0.309 e. The number of ether oxygens (including phenoxy) is 1. The summed E-state index contributed by atoms with van der Waals surface area (Å²) in [5.74, 6) is 0.487. The van der Waals surface area contributed by atoms with E-state index in [0.29, 0.717) is 5.92 Å². The predicted molar refractivity (Wildman–Crippen MR) is 62.7 cm³/mol. The molecule has 0 heterocycles. The van der Waals surface area contributed by atoms with Crippen LogP contribution in [0.1, 0.15) is 40.5 Å². The first kappa shape index (κ1) is 14.4. The van der Waals surface area contributed by atoms with Gasteiger partial charge >= 0.3 is 5.97 Å². The van der Waals surface area contributed by atoms with Crippen molar-refractivity contribution in [3.8, 4) is 0 Å². The SMILES string of the molecule is CCC(CC)CNC(C)C(C)C(=O)OC. The molecule has 3 nitrogen and oxygen atoms in total. The Morgan fingerprint density at radius 3 is 2.20 bits per heavy atom. The summed E-state index contributed by atoms with van der Waals surface area (Å²) in [6.45, 7) is 9.31. The molecule has 0 bridgehead atoms. The molecule has 0 aromatic heterocycles. The van der Waals surface area contributed by atoms with Crippen LogP contribution in [0, 0.1) is 11.8 Å². The van der Waals surface area contributed by atoms with Gasteiger partial charge in [-0.15, -0.1) is 0 Å². The van der Waals surface area contributed by atoms with Crippen molar-refractivity contribution >= 4 is 5.97 Å². The van der Waals surface area contributed by atoms with Gasteiger partial charge in [-0.2, -0.15) is 0 Å². The molecule has 1 N–H and O–H groups in total. The number of hydrogen-bond acceptors (Lipinski definition) is 3. The highest BCUT2D eigenvalue weighted by Crippen LogP contribution is 2.09. The van der Waals surface area contributed by atoms with Crippen molar-refractivity contribution in [1.29, 1.82) is 0 Å². The molecule has 0 radical (unpaired) electrons. The van der Waals surface area contributed by atoms with Crippen molar-refractivity contribution in [2.24, 2.45) is 11.8 Å². The zero-order valence-electron chi connectivity index (χ0n) is 10.7. The largest absolute Gasteiger partial charge is 0.469 e. The maximum atomic E-state index is 11.3. The summed E-state index contributed by atoms with van der Waals surface area (Å²) in [6, 6.07) is 0.179. The van der Waals surface area contributed by atoms with Crippen molar-refractivity contribution in [2.45, 2.75) is 46.6 Å². The molecule has 0 aromatic carbocycles. The molecule has 0 rings (SSSR count). The van der Waals surface area contributed by atoms with Gasteiger partial charge in [-0.05, 0) is 19.4 Å². The summed E-state index contributed by atoms with van der Waals surface area (Å²) in [5.41, 5.74) is 0. The molecule has 0 aliphatic carbocycles. The average molecular weight is 215 g/mol. The van der Waals surface area contributed by atoms with Gasteiger partial charge in [-0.1, -0.05) is 33.6 Å². The minimum Gasteiger partial charge on any atom is -0.469 e. The minimum absolute atomic E-state index is 0.0793. The molecule has 0 amide bonds. The number of esters is 1. The summed E-state index contributed by atoms with van der Waals surface area (Å²) in [7, 11) is 1.44. The molecule has 0 aliphatic rings. The van der Waals surface area contributed by atoms with Gasteiger partial charge in [0.2, 0.25) is 0 Å². The van der Waals surface area contributed by atoms with Crippen LogP contribution in [0.4, 0.5) is 0 Å². The molecule has 2 atom stereocenters. The van der Waals surface area contributed by atoms with E-state index < -0.39 is 0 Å². The number of nitrogens with one attached hydrogen (secondary N) is 1. The Balaban J connectivity index is 3.91. The Hall–Kier alpha value is -0.570. The van der Waals surface area contributed by atoms with Crippen LogP contribution >= 0.6 is 0 Å². The van der Waals surface area contributed by atoms with E-state index in [1.54, 1.807) is 0 Å². The van der Waals surface area contributed by atoms with Crippen LogP contribution in [-0.2, 0) is 9.53 Å². The third-order valence-corrected chi connectivity index (χ3v) is 3.21. The zero-order chi connectivity index (χ0) is 11.8. The van der Waals surface area contributed by atoms with E-state index >= 15 is 0 Å². The molecule has 0 fully saturated rings. The quantitative estimate of drug-likeness (QED) is 0.662. The van der Waals surface area contributed by atoms with Crippen LogP contribution in [0.5, 0.6) is 0 Å². The second kappa shape index (κ2) is 7.69. The number of carbonyl (C=O) groups excluding carboxylic acids is 1. The van der Waals surface area contributed by atoms with Crippen LogP contribution in [0.15, 0.2) is 0 Å². The topological polar surface area (TPSA) is 38.3 Å². The first-order valence-electron chi connectivity index (χ1n) is 5.87. The highest BCUT2D eigenvalue weighted by atomic mass is 16.5. The lowest BCUT2D eigenvalue weighted by Crippen LogP contribution is -2.39. The van der Waals surface area contributed by atoms with Gasteiger partial charge in [0.25, 0.3) is 0 Å². The second-order valence-corrected chi connectivity index (χ2v) is 4.19. The molecule has 15 heavy (non-hydrogen) atoms. The Morgan fingerprint density at radius 2 is 1.80 bits per heavy atom. The summed E-state index contributed by atoms with van der Waals surface area (Å²) in [6.07, 6.45) is 2.37. The van der Waals surface area contributed by atoms with Gasteiger partial charge in [-0.25, -0.2) is 0 Å². The van der Waals surface area contributed by atoms with Crippen LogP contribution < -0.4 is 5.32 Å². The Morgan fingerprint density at radius 1 is 1.27 bits per heavy atom. The molecule has 0 aromatic rings. The summed E-state index contributed by atoms with van der Waals surface area (Å²) in [4.78, 5) is 11.3. The molecule has 0 spiro atoms. The minimum atomic E-state index is -0.139. The van der Waals surface area contributed by atoms with Gasteiger partial charge in [0, 0.05) is 6.04 Å². The summed E-state index contributed by atoms with van der Waals surface area (Å²) >= 11 is 0. The zero-order valence-corrected chi connectivity index (χ0v) is 10.7. The number of hydrogen-bond donors (Lipinski definition) is 1. The summed E-state index contributed by atoms with van der Waals surface area (Å²) in [5, 5.41) is 3.40. The fraction of sp³-hybridized carbons (Fsp3) is 0.917.